The summed E-state index contributed by atoms with van der Waals surface area (Å²) in [5.41, 5.74) is 2.10. The zero-order valence-corrected chi connectivity index (χ0v) is 17.4. The van der Waals surface area contributed by atoms with E-state index in [1.807, 2.05) is 12.1 Å². The summed E-state index contributed by atoms with van der Waals surface area (Å²) in [6.07, 6.45) is -1.02. The summed E-state index contributed by atoms with van der Waals surface area (Å²) < 4.78 is 37.1. The first-order valence-electron chi connectivity index (χ1n) is 9.19. The van der Waals surface area contributed by atoms with Crippen molar-refractivity contribution < 1.29 is 18.0 Å². The SMILES string of the molecule is O=C(CCC(F)(F)F)NC1CCCN(c2ccnc3nnc4[nH]ccc4c23)C1I. The molecule has 0 aliphatic carbocycles. The molecule has 1 fully saturated rings. The van der Waals surface area contributed by atoms with Crippen LogP contribution >= 0.6 is 22.6 Å². The summed E-state index contributed by atoms with van der Waals surface area (Å²) >= 11 is 2.24. The number of carbonyl (C=O) groups is 1. The lowest BCUT2D eigenvalue weighted by atomic mass is 10.0. The van der Waals surface area contributed by atoms with E-state index >= 15 is 0 Å². The smallest absolute Gasteiger partial charge is 0.357 e. The molecule has 154 valence electrons. The second-order valence-corrected chi connectivity index (χ2v) is 8.24. The quantitative estimate of drug-likeness (QED) is 0.313. The Kier molecular flexibility index (Phi) is 5.49. The molecule has 1 aliphatic heterocycles. The van der Waals surface area contributed by atoms with Crippen LogP contribution < -0.4 is 10.2 Å². The molecule has 2 atom stereocenters. The van der Waals surface area contributed by atoms with Crippen molar-refractivity contribution >= 4 is 56.3 Å². The van der Waals surface area contributed by atoms with Crippen LogP contribution in [0.25, 0.3) is 22.1 Å². The van der Waals surface area contributed by atoms with Crippen LogP contribution in [0.4, 0.5) is 18.9 Å². The predicted octanol–water partition coefficient (Wildman–Crippen LogP) is 3.69. The van der Waals surface area contributed by atoms with Gasteiger partial charge < -0.3 is 15.2 Å². The van der Waals surface area contributed by atoms with E-state index in [0.717, 1.165) is 29.4 Å². The van der Waals surface area contributed by atoms with Gasteiger partial charge in [0.1, 0.15) is 4.05 Å². The number of piperidine rings is 1. The molecule has 7 nitrogen and oxygen atoms in total. The van der Waals surface area contributed by atoms with E-state index in [1.54, 1.807) is 12.4 Å². The minimum Gasteiger partial charge on any atom is -0.357 e. The van der Waals surface area contributed by atoms with Gasteiger partial charge in [-0.15, -0.1) is 10.2 Å². The number of amides is 1. The third kappa shape index (κ3) is 4.23. The first kappa shape index (κ1) is 20.1. The molecule has 4 heterocycles. The number of aromatic nitrogens is 4. The molecular weight excluding hydrogens is 500 g/mol. The molecule has 0 spiro atoms. The van der Waals surface area contributed by atoms with E-state index in [2.05, 4.69) is 53.0 Å². The number of pyridine rings is 1. The van der Waals surface area contributed by atoms with Crippen LogP contribution in [0.15, 0.2) is 24.5 Å². The highest BCUT2D eigenvalue weighted by atomic mass is 127. The topological polar surface area (TPSA) is 86.8 Å². The van der Waals surface area contributed by atoms with Gasteiger partial charge in [-0.1, -0.05) is 22.6 Å². The predicted molar refractivity (Wildman–Crippen MR) is 111 cm³/mol. The molecule has 2 N–H and O–H groups in total. The van der Waals surface area contributed by atoms with E-state index in [0.29, 0.717) is 17.7 Å². The minimum absolute atomic E-state index is 0.121. The molecule has 1 aliphatic rings. The molecule has 11 heteroatoms. The monoisotopic (exact) mass is 518 g/mol. The highest BCUT2D eigenvalue weighted by Crippen LogP contribution is 2.35. The maximum Gasteiger partial charge on any atom is 0.389 e. The van der Waals surface area contributed by atoms with Crippen LogP contribution in [0.3, 0.4) is 0 Å². The van der Waals surface area contributed by atoms with Gasteiger partial charge in [0.15, 0.2) is 11.3 Å². The van der Waals surface area contributed by atoms with Crippen LogP contribution in [0, 0.1) is 0 Å². The summed E-state index contributed by atoms with van der Waals surface area (Å²) in [5, 5.41) is 12.9. The van der Waals surface area contributed by atoms with E-state index in [1.165, 1.54) is 0 Å². The Bertz CT molecular complexity index is 1040. The molecule has 0 saturated carbocycles. The minimum atomic E-state index is -4.33. The van der Waals surface area contributed by atoms with Crippen molar-refractivity contribution in [3.63, 3.8) is 0 Å². The number of hydrogen-bond donors (Lipinski definition) is 2. The number of halogens is 4. The zero-order valence-electron chi connectivity index (χ0n) is 15.2. The van der Waals surface area contributed by atoms with E-state index < -0.39 is 24.9 Å². The Morgan fingerprint density at radius 2 is 2.17 bits per heavy atom. The van der Waals surface area contributed by atoms with Crippen LogP contribution in [-0.2, 0) is 4.79 Å². The second kappa shape index (κ2) is 7.92. The lowest BCUT2D eigenvalue weighted by molar-refractivity contribution is -0.144. The van der Waals surface area contributed by atoms with Crippen molar-refractivity contribution in [3.8, 4) is 0 Å². The lowest BCUT2D eigenvalue weighted by Gasteiger charge is -2.40. The van der Waals surface area contributed by atoms with E-state index in [9.17, 15) is 18.0 Å². The Morgan fingerprint density at radius 3 is 2.97 bits per heavy atom. The Balaban J connectivity index is 1.59. The Hall–Kier alpha value is -2.18. The summed E-state index contributed by atoms with van der Waals surface area (Å²) in [5.74, 6) is -0.575. The summed E-state index contributed by atoms with van der Waals surface area (Å²) in [6.45, 7) is 0.760. The second-order valence-electron chi connectivity index (χ2n) is 6.97. The van der Waals surface area contributed by atoms with Gasteiger partial charge in [0.2, 0.25) is 5.91 Å². The van der Waals surface area contributed by atoms with Crippen LogP contribution in [0.5, 0.6) is 0 Å². The largest absolute Gasteiger partial charge is 0.389 e. The maximum absolute atomic E-state index is 12.4. The molecule has 1 saturated heterocycles. The van der Waals surface area contributed by atoms with Crippen molar-refractivity contribution in [2.45, 2.75) is 41.9 Å². The number of hydrogen-bond acceptors (Lipinski definition) is 5. The fourth-order valence-electron chi connectivity index (χ4n) is 3.65. The van der Waals surface area contributed by atoms with Gasteiger partial charge in [0.25, 0.3) is 0 Å². The summed E-state index contributed by atoms with van der Waals surface area (Å²) in [7, 11) is 0. The summed E-state index contributed by atoms with van der Waals surface area (Å²) in [6, 6.07) is 3.57. The number of anilines is 1. The molecule has 0 radical (unpaired) electrons. The number of nitrogens with one attached hydrogen (secondary N) is 2. The first-order valence-corrected chi connectivity index (χ1v) is 10.4. The molecule has 29 heavy (non-hydrogen) atoms. The van der Waals surface area contributed by atoms with Gasteiger partial charge in [-0.2, -0.15) is 13.2 Å². The van der Waals surface area contributed by atoms with Crippen molar-refractivity contribution in [2.75, 3.05) is 11.4 Å². The van der Waals surface area contributed by atoms with Crippen molar-refractivity contribution in [3.05, 3.63) is 24.5 Å². The van der Waals surface area contributed by atoms with Gasteiger partial charge in [-0.3, -0.25) is 4.79 Å². The number of rotatable bonds is 4. The average Bonchev–Trinajstić information content (AvgIpc) is 3.16. The fraction of sp³-hybridized carbons (Fsp3) is 0.444. The third-order valence-corrected chi connectivity index (χ3v) is 6.52. The Morgan fingerprint density at radius 1 is 1.34 bits per heavy atom. The standard InChI is InChI=1S/C18H18F3IN6O/c19-18(20,21)6-3-13(29)25-11-2-1-9-28(15(11)22)12-5-8-24-17-14(12)10-4-7-23-16(10)26-27-17/h4-5,7-8,11,15H,1-3,6,9H2,(H,23,26)(H,25,29). The number of H-pyrrole nitrogens is 1. The lowest BCUT2D eigenvalue weighted by Crippen LogP contribution is -2.52. The van der Waals surface area contributed by atoms with Crippen LogP contribution in [0.2, 0.25) is 0 Å². The number of fused-ring (bicyclic) bond motifs is 3. The molecule has 1 amide bonds. The number of carbonyl (C=O) groups excluding carboxylic acids is 1. The molecule has 0 bridgehead atoms. The highest BCUT2D eigenvalue weighted by molar-refractivity contribution is 14.1. The van der Waals surface area contributed by atoms with Crippen molar-refractivity contribution in [1.82, 2.24) is 25.5 Å². The van der Waals surface area contributed by atoms with Crippen molar-refractivity contribution in [1.29, 1.82) is 0 Å². The fourth-order valence-corrected chi connectivity index (χ4v) is 4.76. The molecule has 2 unspecified atom stereocenters. The van der Waals surface area contributed by atoms with Gasteiger partial charge in [0.05, 0.1) is 23.5 Å². The van der Waals surface area contributed by atoms with E-state index in [4.69, 9.17) is 0 Å². The van der Waals surface area contributed by atoms with Crippen molar-refractivity contribution in [2.24, 2.45) is 0 Å². The summed E-state index contributed by atoms with van der Waals surface area (Å²) in [4.78, 5) is 21.5. The van der Waals surface area contributed by atoms with Crippen LogP contribution in [-0.4, -0.2) is 48.9 Å². The van der Waals surface area contributed by atoms with Crippen LogP contribution in [0.1, 0.15) is 25.7 Å². The van der Waals surface area contributed by atoms with Gasteiger partial charge in [0, 0.05) is 30.7 Å². The van der Waals surface area contributed by atoms with Gasteiger partial charge in [-0.25, -0.2) is 4.98 Å². The van der Waals surface area contributed by atoms with Gasteiger partial charge in [-0.05, 0) is 25.0 Å². The molecule has 3 aromatic heterocycles. The Labute approximate surface area is 177 Å². The maximum atomic E-state index is 12.4. The van der Waals surface area contributed by atoms with Gasteiger partial charge >= 0.3 is 6.18 Å². The van der Waals surface area contributed by atoms with E-state index in [-0.39, 0.29) is 10.1 Å². The number of aromatic amines is 1. The molecular formula is C18H18F3IN6O. The molecule has 4 rings (SSSR count). The third-order valence-electron chi connectivity index (χ3n) is 4.98. The molecule has 0 aromatic carbocycles. The number of nitrogens with zero attached hydrogens (tertiary/aromatic N) is 4. The highest BCUT2D eigenvalue weighted by Gasteiger charge is 2.33. The number of alkyl halides is 4. The normalized spacial score (nSPS) is 20.3. The zero-order chi connectivity index (χ0) is 20.6. The molecule has 3 aromatic rings. The first-order chi connectivity index (χ1) is 13.8. The average molecular weight is 518 g/mol.